The van der Waals surface area contributed by atoms with Crippen molar-refractivity contribution < 1.29 is 26.7 Å². The molecule has 8 nitrogen and oxygen atoms in total. The number of pyridine rings is 1. The molecule has 1 aromatic carbocycles. The number of nitrogens with two attached hydrogens (primary N) is 1. The van der Waals surface area contributed by atoms with Gasteiger partial charge in [-0.3, -0.25) is 0 Å². The van der Waals surface area contributed by atoms with Gasteiger partial charge in [-0.15, -0.1) is 9.38 Å². The maximum Gasteiger partial charge on any atom is 0.428 e. The van der Waals surface area contributed by atoms with Crippen molar-refractivity contribution >= 4 is 11.6 Å². The number of halogens is 4. The van der Waals surface area contributed by atoms with E-state index in [-0.39, 0.29) is 17.3 Å². The number of nitrogen functional groups attached to an aromatic ring is 1. The van der Waals surface area contributed by atoms with Gasteiger partial charge in [-0.25, -0.2) is 14.3 Å². The van der Waals surface area contributed by atoms with Crippen molar-refractivity contribution in [3.05, 3.63) is 69.3 Å². The number of aromatic nitrogens is 5. The lowest BCUT2D eigenvalue weighted by molar-refractivity contribution is -0.619. The molecule has 3 aromatic heterocycles. The Kier molecular flexibility index (Phi) is 5.30. The molecule has 0 saturated heterocycles. The number of benzene rings is 1. The largest absolute Gasteiger partial charge is 0.618 e. The van der Waals surface area contributed by atoms with Gasteiger partial charge in [0.05, 0.1) is 18.5 Å². The minimum Gasteiger partial charge on any atom is -0.618 e. The number of rotatable bonds is 4. The smallest absolute Gasteiger partial charge is 0.428 e. The molecule has 33 heavy (non-hydrogen) atoms. The molecule has 0 aliphatic carbocycles. The number of H-pyrrole nitrogens is 1. The third-order valence-corrected chi connectivity index (χ3v) is 5.21. The summed E-state index contributed by atoms with van der Waals surface area (Å²) in [6.45, 7) is 2.53. The highest BCUT2D eigenvalue weighted by Gasteiger charge is 2.31. The molecule has 0 spiro atoms. The zero-order valence-electron chi connectivity index (χ0n) is 17.6. The quantitative estimate of drug-likeness (QED) is 0.276. The van der Waals surface area contributed by atoms with Crippen molar-refractivity contribution in [3.63, 3.8) is 0 Å². The standard InChI is InChI=1S/C21H18F4N6O2/c1-11-9-14(10-12(2)31(11)33)16-17(13-3-5-15(22)6-4-13)27-19(26)30-18(16)28-29(20(30)32)8-7-21(23,24)25/h3-6,9-10H,7-8H2,1-2H3,(H2,26,27,28)/p+1. The lowest BCUT2D eigenvalue weighted by Crippen LogP contribution is -2.44. The van der Waals surface area contributed by atoms with E-state index in [0.29, 0.717) is 32.8 Å². The first-order valence-electron chi connectivity index (χ1n) is 9.84. The van der Waals surface area contributed by atoms with Crippen molar-refractivity contribution in [1.82, 2.24) is 14.8 Å². The second-order valence-corrected chi connectivity index (χ2v) is 7.62. The number of anilines is 1. The van der Waals surface area contributed by atoms with E-state index in [0.717, 1.165) is 9.08 Å². The van der Waals surface area contributed by atoms with Gasteiger partial charge in [0.25, 0.3) is 0 Å². The Bertz CT molecular complexity index is 1400. The Morgan fingerprint density at radius 3 is 2.30 bits per heavy atom. The van der Waals surface area contributed by atoms with Crippen LogP contribution in [0.25, 0.3) is 28.0 Å². The number of aryl methyl sites for hydroxylation is 3. The predicted octanol–water partition coefficient (Wildman–Crippen LogP) is 2.57. The van der Waals surface area contributed by atoms with E-state index in [1.807, 2.05) is 0 Å². The summed E-state index contributed by atoms with van der Waals surface area (Å²) in [5, 5.41) is 14.9. The van der Waals surface area contributed by atoms with Gasteiger partial charge in [0.1, 0.15) is 11.5 Å². The summed E-state index contributed by atoms with van der Waals surface area (Å²) < 4.78 is 54.3. The van der Waals surface area contributed by atoms with E-state index in [1.165, 1.54) is 24.3 Å². The van der Waals surface area contributed by atoms with Gasteiger partial charge in [-0.2, -0.15) is 22.6 Å². The molecule has 12 heteroatoms. The van der Waals surface area contributed by atoms with E-state index in [9.17, 15) is 27.6 Å². The molecule has 0 aliphatic rings. The van der Waals surface area contributed by atoms with Crippen LogP contribution in [0.2, 0.25) is 0 Å². The van der Waals surface area contributed by atoms with Gasteiger partial charge in [-0.05, 0) is 24.3 Å². The molecule has 0 amide bonds. The Hall–Kier alpha value is -3.96. The molecule has 0 unspecified atom stereocenters. The zero-order valence-corrected chi connectivity index (χ0v) is 17.6. The fourth-order valence-electron chi connectivity index (χ4n) is 3.67. The van der Waals surface area contributed by atoms with Crippen molar-refractivity contribution in [3.8, 4) is 22.4 Å². The van der Waals surface area contributed by atoms with Gasteiger partial charge in [0.15, 0.2) is 11.4 Å². The van der Waals surface area contributed by atoms with Crippen LogP contribution in [0.4, 0.5) is 23.5 Å². The number of alkyl halides is 3. The number of hydrogen-bond acceptors (Lipinski definition) is 4. The summed E-state index contributed by atoms with van der Waals surface area (Å²) in [5.41, 5.74) is 7.51. The topological polar surface area (TPSA) is 108 Å². The molecular formula is C21H19F4N6O2+. The van der Waals surface area contributed by atoms with Gasteiger partial charge in [0, 0.05) is 37.1 Å². The second kappa shape index (κ2) is 7.87. The second-order valence-electron chi connectivity index (χ2n) is 7.62. The van der Waals surface area contributed by atoms with Crippen LogP contribution in [0.1, 0.15) is 17.8 Å². The molecule has 0 radical (unpaired) electrons. The first kappa shape index (κ1) is 22.2. The first-order valence-corrected chi connectivity index (χ1v) is 9.84. The van der Waals surface area contributed by atoms with E-state index < -0.39 is 30.6 Å². The molecule has 3 N–H and O–H groups in total. The SMILES string of the molecule is Cc1cc(-c2c(-c3ccc(F)cc3)nc(N)[n+]3c(=O)n(CCC(F)(F)F)[nH]c23)cc(C)[n+]1[O-]. The molecule has 0 fully saturated rings. The van der Waals surface area contributed by atoms with Crippen LogP contribution < -0.4 is 20.6 Å². The Morgan fingerprint density at radius 2 is 1.73 bits per heavy atom. The Morgan fingerprint density at radius 1 is 1.12 bits per heavy atom. The molecule has 172 valence electrons. The van der Waals surface area contributed by atoms with E-state index >= 15 is 0 Å². The van der Waals surface area contributed by atoms with Gasteiger partial charge < -0.3 is 10.9 Å². The summed E-state index contributed by atoms with van der Waals surface area (Å²) in [5.74, 6) is -0.738. The Labute approximate surface area is 184 Å². The number of nitrogens with one attached hydrogen (secondary N) is 1. The molecule has 0 bridgehead atoms. The normalized spacial score (nSPS) is 11.9. The lowest BCUT2D eigenvalue weighted by Gasteiger charge is -2.11. The monoisotopic (exact) mass is 463 g/mol. The van der Waals surface area contributed by atoms with Crippen LogP contribution in [0.5, 0.6) is 0 Å². The minimum absolute atomic E-state index is 0.0939. The summed E-state index contributed by atoms with van der Waals surface area (Å²) in [6, 6.07) is 8.49. The van der Waals surface area contributed by atoms with Gasteiger partial charge in [0.2, 0.25) is 5.65 Å². The van der Waals surface area contributed by atoms with Crippen LogP contribution in [0, 0.1) is 24.9 Å². The van der Waals surface area contributed by atoms with Crippen LogP contribution >= 0.6 is 0 Å². The zero-order chi connectivity index (χ0) is 24.1. The van der Waals surface area contributed by atoms with E-state index in [4.69, 9.17) is 5.73 Å². The fraction of sp³-hybridized carbons (Fsp3) is 0.238. The van der Waals surface area contributed by atoms with Crippen molar-refractivity contribution in [1.29, 1.82) is 0 Å². The van der Waals surface area contributed by atoms with Gasteiger partial charge in [-0.1, -0.05) is 0 Å². The van der Waals surface area contributed by atoms with E-state index in [2.05, 4.69) is 10.1 Å². The van der Waals surface area contributed by atoms with Crippen LogP contribution in [0.15, 0.2) is 41.2 Å². The van der Waals surface area contributed by atoms with Crippen LogP contribution in [-0.2, 0) is 6.54 Å². The third-order valence-electron chi connectivity index (χ3n) is 5.21. The molecular weight excluding hydrogens is 444 g/mol. The number of hydrogen-bond donors (Lipinski definition) is 2. The van der Waals surface area contributed by atoms with E-state index in [1.54, 1.807) is 26.0 Å². The average molecular weight is 463 g/mol. The fourth-order valence-corrected chi connectivity index (χ4v) is 3.67. The summed E-state index contributed by atoms with van der Waals surface area (Å²) in [6.07, 6.45) is -5.70. The molecule has 0 atom stereocenters. The highest BCUT2D eigenvalue weighted by atomic mass is 19.4. The predicted molar refractivity (Wildman–Crippen MR) is 110 cm³/mol. The molecule has 0 aliphatic heterocycles. The first-order chi connectivity index (χ1) is 15.5. The lowest BCUT2D eigenvalue weighted by atomic mass is 9.99. The summed E-state index contributed by atoms with van der Waals surface area (Å²) in [7, 11) is 0. The minimum atomic E-state index is -4.47. The number of fused-ring (bicyclic) bond motifs is 1. The highest BCUT2D eigenvalue weighted by Crippen LogP contribution is 2.33. The molecule has 0 saturated carbocycles. The van der Waals surface area contributed by atoms with Crippen molar-refractivity contribution in [2.24, 2.45) is 0 Å². The average Bonchev–Trinajstić information content (AvgIpc) is 3.07. The molecule has 4 aromatic rings. The van der Waals surface area contributed by atoms with Gasteiger partial charge >= 0.3 is 17.8 Å². The third kappa shape index (κ3) is 4.11. The maximum atomic E-state index is 13.5. The number of aromatic amines is 1. The Balaban J connectivity index is 2.06. The molecule has 3 heterocycles. The van der Waals surface area contributed by atoms with Crippen LogP contribution in [-0.4, -0.2) is 20.9 Å². The maximum absolute atomic E-state index is 13.5. The molecule has 4 rings (SSSR count). The number of nitrogens with zero attached hydrogens (tertiary/aromatic N) is 4. The van der Waals surface area contributed by atoms with Crippen molar-refractivity contribution in [2.75, 3.05) is 5.73 Å². The summed E-state index contributed by atoms with van der Waals surface area (Å²) >= 11 is 0. The summed E-state index contributed by atoms with van der Waals surface area (Å²) in [4.78, 5) is 17.2. The highest BCUT2D eigenvalue weighted by molar-refractivity contribution is 5.88. The van der Waals surface area contributed by atoms with Crippen LogP contribution in [0.3, 0.4) is 0 Å². The van der Waals surface area contributed by atoms with Crippen molar-refractivity contribution in [2.45, 2.75) is 33.0 Å².